The van der Waals surface area contributed by atoms with Crippen molar-refractivity contribution < 1.29 is 14.1 Å². The summed E-state index contributed by atoms with van der Waals surface area (Å²) in [6.07, 6.45) is 2.35. The molecule has 134 valence electrons. The van der Waals surface area contributed by atoms with Crippen LogP contribution in [0, 0.1) is 5.92 Å². The second-order valence-electron chi connectivity index (χ2n) is 6.69. The van der Waals surface area contributed by atoms with E-state index in [2.05, 4.69) is 37.4 Å². The summed E-state index contributed by atoms with van der Waals surface area (Å²) < 4.78 is 15.6. The zero-order valence-electron chi connectivity index (χ0n) is 14.3. The number of anilines is 3. The number of nitrogens with zero attached hydrogens (tertiary/aromatic N) is 5. The van der Waals surface area contributed by atoms with Gasteiger partial charge in [0, 0.05) is 24.8 Å². The number of hydrogen-bond acceptors (Lipinski definition) is 9. The zero-order valence-corrected chi connectivity index (χ0v) is 14.3. The van der Waals surface area contributed by atoms with Crippen LogP contribution >= 0.6 is 0 Å². The summed E-state index contributed by atoms with van der Waals surface area (Å²) in [7, 11) is 0. The molecule has 2 aromatic heterocycles. The van der Waals surface area contributed by atoms with E-state index in [0.717, 1.165) is 36.8 Å². The molecule has 0 spiro atoms. The number of fused-ring (bicyclic) bond motifs is 2. The standard InChI is InChI=1S/C17H18N6O3/c1-10-3-2-6-23(8-10)17-16(19-14-15(20-17)22-26-21-14)18-11-4-5-12-13(7-11)25-9-24-12/h4-5,7,10H,2-3,6,8-9H2,1H3,(H,18,19,21)/t10-/m1/s1. The largest absolute Gasteiger partial charge is 0.454 e. The van der Waals surface area contributed by atoms with E-state index in [4.69, 9.17) is 14.1 Å². The Morgan fingerprint density at radius 2 is 1.96 bits per heavy atom. The van der Waals surface area contributed by atoms with Crippen molar-refractivity contribution in [2.45, 2.75) is 19.8 Å². The maximum atomic E-state index is 5.45. The van der Waals surface area contributed by atoms with E-state index < -0.39 is 0 Å². The van der Waals surface area contributed by atoms with Crippen LogP contribution in [0.5, 0.6) is 11.5 Å². The van der Waals surface area contributed by atoms with Crippen molar-refractivity contribution in [1.82, 2.24) is 20.3 Å². The van der Waals surface area contributed by atoms with Gasteiger partial charge < -0.3 is 19.7 Å². The SMILES string of the molecule is C[C@@H]1CCCN(c2nc3nonc3nc2Nc2ccc3c(c2)OCO3)C1. The first-order valence-electron chi connectivity index (χ1n) is 8.68. The first kappa shape index (κ1) is 15.2. The molecule has 1 N–H and O–H groups in total. The molecule has 4 heterocycles. The highest BCUT2D eigenvalue weighted by molar-refractivity contribution is 5.77. The van der Waals surface area contributed by atoms with Crippen LogP contribution in [0.1, 0.15) is 19.8 Å². The van der Waals surface area contributed by atoms with Gasteiger partial charge >= 0.3 is 0 Å². The third-order valence-electron chi connectivity index (χ3n) is 4.69. The number of hydrogen-bond donors (Lipinski definition) is 1. The van der Waals surface area contributed by atoms with Crippen LogP contribution in [0.15, 0.2) is 22.8 Å². The van der Waals surface area contributed by atoms with Gasteiger partial charge in [-0.15, -0.1) is 0 Å². The van der Waals surface area contributed by atoms with Crippen LogP contribution < -0.4 is 19.7 Å². The van der Waals surface area contributed by atoms with Crippen LogP contribution in [0.4, 0.5) is 17.3 Å². The van der Waals surface area contributed by atoms with Crippen molar-refractivity contribution in [2.24, 2.45) is 5.92 Å². The van der Waals surface area contributed by atoms with E-state index >= 15 is 0 Å². The first-order chi connectivity index (χ1) is 12.8. The summed E-state index contributed by atoms with van der Waals surface area (Å²) >= 11 is 0. The predicted molar refractivity (Wildman–Crippen MR) is 93.9 cm³/mol. The third kappa shape index (κ3) is 2.65. The molecule has 0 saturated carbocycles. The summed E-state index contributed by atoms with van der Waals surface area (Å²) in [6.45, 7) is 4.36. The maximum absolute atomic E-state index is 5.45. The van der Waals surface area contributed by atoms with Gasteiger partial charge in [-0.2, -0.15) is 0 Å². The fraction of sp³-hybridized carbons (Fsp3) is 0.412. The molecule has 0 amide bonds. The molecule has 1 aromatic carbocycles. The van der Waals surface area contributed by atoms with E-state index in [1.54, 1.807) is 0 Å². The number of piperidine rings is 1. The smallest absolute Gasteiger partial charge is 0.245 e. The van der Waals surface area contributed by atoms with Gasteiger partial charge in [-0.25, -0.2) is 14.6 Å². The van der Waals surface area contributed by atoms with Gasteiger partial charge in [-0.05, 0) is 41.2 Å². The van der Waals surface area contributed by atoms with Crippen LogP contribution in [-0.2, 0) is 0 Å². The van der Waals surface area contributed by atoms with E-state index in [9.17, 15) is 0 Å². The molecule has 3 aromatic rings. The Morgan fingerprint density at radius 1 is 1.12 bits per heavy atom. The lowest BCUT2D eigenvalue weighted by Crippen LogP contribution is -2.35. The van der Waals surface area contributed by atoms with Gasteiger partial charge in [0.2, 0.25) is 18.1 Å². The average Bonchev–Trinajstić information content (AvgIpc) is 3.29. The number of benzene rings is 1. The monoisotopic (exact) mass is 354 g/mol. The van der Waals surface area contributed by atoms with Crippen LogP contribution in [0.25, 0.3) is 11.3 Å². The minimum atomic E-state index is 0.242. The van der Waals surface area contributed by atoms with Gasteiger partial charge in [0.15, 0.2) is 23.1 Å². The minimum absolute atomic E-state index is 0.242. The topological polar surface area (TPSA) is 98.4 Å². The maximum Gasteiger partial charge on any atom is 0.245 e. The molecule has 2 aliphatic heterocycles. The molecule has 26 heavy (non-hydrogen) atoms. The van der Waals surface area contributed by atoms with E-state index in [-0.39, 0.29) is 6.79 Å². The van der Waals surface area contributed by atoms with Crippen molar-refractivity contribution in [2.75, 3.05) is 30.1 Å². The van der Waals surface area contributed by atoms with Crippen molar-refractivity contribution in [3.63, 3.8) is 0 Å². The Bertz CT molecular complexity index is 959. The van der Waals surface area contributed by atoms with E-state index in [0.29, 0.717) is 28.8 Å². The second kappa shape index (κ2) is 6.01. The number of ether oxygens (including phenoxy) is 2. The van der Waals surface area contributed by atoms with Crippen molar-refractivity contribution in [1.29, 1.82) is 0 Å². The zero-order chi connectivity index (χ0) is 17.5. The average molecular weight is 354 g/mol. The summed E-state index contributed by atoms with van der Waals surface area (Å²) in [5, 5.41) is 11.0. The van der Waals surface area contributed by atoms with Crippen molar-refractivity contribution >= 4 is 28.6 Å². The number of nitrogens with one attached hydrogen (secondary N) is 1. The van der Waals surface area contributed by atoms with Gasteiger partial charge in [-0.1, -0.05) is 6.92 Å². The fourth-order valence-electron chi connectivity index (χ4n) is 3.43. The Hall–Kier alpha value is -3.10. The molecule has 0 aliphatic carbocycles. The lowest BCUT2D eigenvalue weighted by molar-refractivity contribution is 0.174. The Kier molecular flexibility index (Phi) is 3.51. The van der Waals surface area contributed by atoms with Crippen LogP contribution in [0.3, 0.4) is 0 Å². The van der Waals surface area contributed by atoms with E-state index in [1.165, 1.54) is 6.42 Å². The normalized spacial score (nSPS) is 19.1. The second-order valence-corrected chi connectivity index (χ2v) is 6.69. The van der Waals surface area contributed by atoms with Gasteiger partial charge in [0.05, 0.1) is 0 Å². The molecule has 1 atom stereocenters. The number of aromatic nitrogens is 4. The molecule has 0 bridgehead atoms. The lowest BCUT2D eigenvalue weighted by Gasteiger charge is -2.32. The molecule has 1 saturated heterocycles. The molecule has 9 nitrogen and oxygen atoms in total. The minimum Gasteiger partial charge on any atom is -0.454 e. The molecule has 1 fully saturated rings. The Morgan fingerprint density at radius 3 is 2.85 bits per heavy atom. The first-order valence-corrected chi connectivity index (χ1v) is 8.68. The molecule has 5 rings (SSSR count). The molecule has 0 radical (unpaired) electrons. The summed E-state index contributed by atoms with van der Waals surface area (Å²) in [6, 6.07) is 5.68. The van der Waals surface area contributed by atoms with Gasteiger partial charge in [0.25, 0.3) is 0 Å². The Labute approximate surface area is 149 Å². The highest BCUT2D eigenvalue weighted by Gasteiger charge is 2.23. The van der Waals surface area contributed by atoms with Crippen molar-refractivity contribution in [3.05, 3.63) is 18.2 Å². The predicted octanol–water partition coefficient (Wildman–Crippen LogP) is 2.72. The summed E-state index contributed by atoms with van der Waals surface area (Å²) in [5.74, 6) is 3.44. The third-order valence-corrected chi connectivity index (χ3v) is 4.69. The highest BCUT2D eigenvalue weighted by Crippen LogP contribution is 2.36. The summed E-state index contributed by atoms with van der Waals surface area (Å²) in [5.41, 5.74) is 1.63. The van der Waals surface area contributed by atoms with E-state index in [1.807, 2.05) is 18.2 Å². The molecule has 2 aliphatic rings. The van der Waals surface area contributed by atoms with Gasteiger partial charge in [-0.3, -0.25) is 0 Å². The summed E-state index contributed by atoms with van der Waals surface area (Å²) in [4.78, 5) is 11.4. The van der Waals surface area contributed by atoms with Gasteiger partial charge in [0.1, 0.15) is 0 Å². The molecule has 0 unspecified atom stereocenters. The van der Waals surface area contributed by atoms with Crippen molar-refractivity contribution in [3.8, 4) is 11.5 Å². The fourth-order valence-corrected chi connectivity index (χ4v) is 3.43. The lowest BCUT2D eigenvalue weighted by atomic mass is 10.0. The molecular weight excluding hydrogens is 336 g/mol. The molecular formula is C17H18N6O3. The molecule has 9 heteroatoms. The quantitative estimate of drug-likeness (QED) is 0.761. The number of rotatable bonds is 3. The highest BCUT2D eigenvalue weighted by atomic mass is 16.7. The van der Waals surface area contributed by atoms with Crippen LogP contribution in [-0.4, -0.2) is 40.2 Å². The Balaban J connectivity index is 1.53. The van der Waals surface area contributed by atoms with Crippen LogP contribution in [0.2, 0.25) is 0 Å².